The lowest BCUT2D eigenvalue weighted by Gasteiger charge is -2.12. The normalized spacial score (nSPS) is 15.7. The molecule has 2 aromatic rings. The molecule has 0 aliphatic carbocycles. The zero-order valence-electron chi connectivity index (χ0n) is 14.1. The Labute approximate surface area is 165 Å². The summed E-state index contributed by atoms with van der Waals surface area (Å²) >= 11 is 6.61. The average Bonchev–Trinajstić information content (AvgIpc) is 2.92. The van der Waals surface area contributed by atoms with Gasteiger partial charge in [0.1, 0.15) is 6.54 Å². The zero-order valence-corrected chi connectivity index (χ0v) is 15.7. The molecule has 2 aromatic carbocycles. The van der Waals surface area contributed by atoms with Gasteiger partial charge in [-0.3, -0.25) is 19.3 Å². The van der Waals surface area contributed by atoms with Crippen LogP contribution in [0, 0.1) is 0 Å². The van der Waals surface area contributed by atoms with Crippen LogP contribution in [-0.2, 0) is 9.59 Å². The number of benzene rings is 2. The van der Waals surface area contributed by atoms with Crippen molar-refractivity contribution in [2.24, 2.45) is 0 Å². The molecule has 1 aliphatic heterocycles. The van der Waals surface area contributed by atoms with Gasteiger partial charge in [0.25, 0.3) is 11.1 Å². The van der Waals surface area contributed by atoms with E-state index in [0.717, 1.165) is 22.2 Å². The molecule has 1 N–H and O–H groups in total. The zero-order chi connectivity index (χ0) is 19.2. The first kappa shape index (κ1) is 18.9. The maximum atomic E-state index is 12.4. The van der Waals surface area contributed by atoms with Crippen molar-refractivity contribution in [1.82, 2.24) is 4.90 Å². The number of nitrogens with zero attached hydrogens (tertiary/aromatic N) is 1. The molecule has 0 unspecified atom stereocenters. The van der Waals surface area contributed by atoms with Gasteiger partial charge in [-0.05, 0) is 47.7 Å². The molecule has 1 saturated heterocycles. The van der Waals surface area contributed by atoms with E-state index in [-0.39, 0.29) is 11.4 Å². The highest BCUT2D eigenvalue weighted by Crippen LogP contribution is 2.30. The summed E-state index contributed by atoms with van der Waals surface area (Å²) in [7, 11) is 0. The van der Waals surface area contributed by atoms with E-state index in [0.29, 0.717) is 10.7 Å². The van der Waals surface area contributed by atoms with E-state index in [1.165, 1.54) is 0 Å². The molecule has 0 atom stereocenters. The average molecular weight is 399 g/mol. The quantitative estimate of drug-likeness (QED) is 0.749. The van der Waals surface area contributed by atoms with Gasteiger partial charge in [0.2, 0.25) is 5.91 Å². The van der Waals surface area contributed by atoms with Crippen LogP contribution in [-0.4, -0.2) is 28.5 Å². The topological polar surface area (TPSA) is 66.5 Å². The molecule has 7 heteroatoms. The molecule has 3 rings (SSSR count). The molecule has 1 heterocycles. The first-order valence-electron chi connectivity index (χ1n) is 8.05. The van der Waals surface area contributed by atoms with Gasteiger partial charge in [-0.25, -0.2) is 0 Å². The van der Waals surface area contributed by atoms with Gasteiger partial charge in [0, 0.05) is 10.7 Å². The molecule has 5 nitrogen and oxygen atoms in total. The van der Waals surface area contributed by atoms with Gasteiger partial charge in [0.15, 0.2) is 0 Å². The van der Waals surface area contributed by atoms with Crippen molar-refractivity contribution in [3.63, 3.8) is 0 Å². The third kappa shape index (κ3) is 5.09. The van der Waals surface area contributed by atoms with Crippen molar-refractivity contribution in [3.8, 4) is 0 Å². The highest BCUT2D eigenvalue weighted by molar-refractivity contribution is 8.18. The molecule has 0 spiro atoms. The monoisotopic (exact) mass is 398 g/mol. The number of amides is 3. The minimum absolute atomic E-state index is 0.284. The minimum atomic E-state index is -0.478. The summed E-state index contributed by atoms with van der Waals surface area (Å²) in [6, 6.07) is 16.1. The van der Waals surface area contributed by atoms with E-state index >= 15 is 0 Å². The van der Waals surface area contributed by atoms with E-state index in [1.807, 2.05) is 36.4 Å². The van der Waals surface area contributed by atoms with Gasteiger partial charge in [-0.15, -0.1) is 0 Å². The molecule has 0 saturated carbocycles. The van der Waals surface area contributed by atoms with Crippen LogP contribution in [0.5, 0.6) is 0 Å². The molecule has 0 radical (unpaired) electrons. The fourth-order valence-electron chi connectivity index (χ4n) is 2.34. The minimum Gasteiger partial charge on any atom is -0.325 e. The maximum Gasteiger partial charge on any atom is 0.294 e. The first-order chi connectivity index (χ1) is 13.0. The second kappa shape index (κ2) is 8.70. The fourth-order valence-corrected chi connectivity index (χ4v) is 3.25. The molecule has 0 bridgehead atoms. The number of hydrogen-bond acceptors (Lipinski definition) is 4. The molecule has 0 aromatic heterocycles. The summed E-state index contributed by atoms with van der Waals surface area (Å²) in [5.41, 5.74) is 1.52. The Morgan fingerprint density at radius 1 is 1.07 bits per heavy atom. The van der Waals surface area contributed by atoms with Gasteiger partial charge in [0.05, 0.1) is 4.91 Å². The number of rotatable bonds is 5. The molecule has 1 fully saturated rings. The summed E-state index contributed by atoms with van der Waals surface area (Å²) in [5, 5.41) is 2.71. The van der Waals surface area contributed by atoms with E-state index in [4.69, 9.17) is 11.6 Å². The van der Waals surface area contributed by atoms with Crippen molar-refractivity contribution in [3.05, 3.63) is 82.2 Å². The number of halogens is 1. The van der Waals surface area contributed by atoms with Crippen LogP contribution in [0.4, 0.5) is 10.5 Å². The number of thioether (sulfide) groups is 1. The fraction of sp³-hybridized carbons (Fsp3) is 0.0500. The number of imide groups is 1. The lowest BCUT2D eigenvalue weighted by molar-refractivity contribution is -0.127. The second-order valence-electron chi connectivity index (χ2n) is 5.62. The van der Waals surface area contributed by atoms with Gasteiger partial charge < -0.3 is 5.32 Å². The summed E-state index contributed by atoms with van der Waals surface area (Å²) in [4.78, 5) is 37.8. The van der Waals surface area contributed by atoms with Crippen LogP contribution >= 0.6 is 23.4 Å². The van der Waals surface area contributed by atoms with Crippen LogP contribution in [0.2, 0.25) is 5.02 Å². The molecule has 136 valence electrons. The predicted molar refractivity (Wildman–Crippen MR) is 108 cm³/mol. The Balaban J connectivity index is 1.61. The lowest BCUT2D eigenvalue weighted by atomic mass is 10.2. The first-order valence-corrected chi connectivity index (χ1v) is 9.25. The predicted octanol–water partition coefficient (Wildman–Crippen LogP) is 4.57. The third-order valence-corrected chi connectivity index (χ3v) is 4.82. The Hall–Kier alpha value is -2.83. The van der Waals surface area contributed by atoms with Crippen LogP contribution in [0.1, 0.15) is 5.56 Å². The smallest absolute Gasteiger partial charge is 0.294 e. The van der Waals surface area contributed by atoms with Crippen LogP contribution in [0.15, 0.2) is 71.7 Å². The van der Waals surface area contributed by atoms with Crippen molar-refractivity contribution in [1.29, 1.82) is 0 Å². The van der Waals surface area contributed by atoms with E-state index in [2.05, 4.69) is 5.32 Å². The van der Waals surface area contributed by atoms with Gasteiger partial charge in [-0.1, -0.05) is 54.1 Å². The number of allylic oxidation sites excluding steroid dienone is 2. The highest BCUT2D eigenvalue weighted by atomic mass is 35.5. The summed E-state index contributed by atoms with van der Waals surface area (Å²) in [5.74, 6) is -0.935. The number of carbonyl (C=O) groups is 3. The maximum absolute atomic E-state index is 12.4. The van der Waals surface area contributed by atoms with Crippen molar-refractivity contribution in [2.75, 3.05) is 11.9 Å². The molecule has 1 aliphatic rings. The summed E-state index contributed by atoms with van der Waals surface area (Å²) < 4.78 is 0. The number of hydrogen-bond donors (Lipinski definition) is 1. The highest BCUT2D eigenvalue weighted by Gasteiger charge is 2.35. The van der Waals surface area contributed by atoms with Crippen molar-refractivity contribution < 1.29 is 14.4 Å². The molecular weight excluding hydrogens is 384 g/mol. The van der Waals surface area contributed by atoms with Gasteiger partial charge in [-0.2, -0.15) is 0 Å². The van der Waals surface area contributed by atoms with Crippen LogP contribution in [0.25, 0.3) is 6.08 Å². The Morgan fingerprint density at radius 2 is 1.78 bits per heavy atom. The lowest BCUT2D eigenvalue weighted by Crippen LogP contribution is -2.36. The Bertz CT molecular complexity index is 924. The standard InChI is InChI=1S/C20H15ClN2O3S/c21-15-9-11-16(12-10-15)22-18(24)13-23-19(25)17(27-20(23)26)8-4-7-14-5-2-1-3-6-14/h1-12H,13H2,(H,22,24)/b7-4+,17-8+. The van der Waals surface area contributed by atoms with E-state index < -0.39 is 17.1 Å². The second-order valence-corrected chi connectivity index (χ2v) is 7.04. The third-order valence-electron chi connectivity index (χ3n) is 3.64. The van der Waals surface area contributed by atoms with Crippen LogP contribution in [0.3, 0.4) is 0 Å². The van der Waals surface area contributed by atoms with E-state index in [1.54, 1.807) is 36.4 Å². The van der Waals surface area contributed by atoms with Crippen molar-refractivity contribution in [2.45, 2.75) is 0 Å². The number of carbonyl (C=O) groups excluding carboxylic acids is 3. The largest absolute Gasteiger partial charge is 0.325 e. The van der Waals surface area contributed by atoms with Gasteiger partial charge >= 0.3 is 0 Å². The SMILES string of the molecule is O=C(CN1C(=O)S/C(=C/C=C/c2ccccc2)C1=O)Nc1ccc(Cl)cc1. The molecular formula is C20H15ClN2O3S. The molecule has 27 heavy (non-hydrogen) atoms. The summed E-state index contributed by atoms with van der Waals surface area (Å²) in [6.45, 7) is -0.340. The number of anilines is 1. The van der Waals surface area contributed by atoms with Crippen LogP contribution < -0.4 is 5.32 Å². The van der Waals surface area contributed by atoms with E-state index in [9.17, 15) is 14.4 Å². The molecule has 3 amide bonds. The Morgan fingerprint density at radius 3 is 2.48 bits per heavy atom. The van der Waals surface area contributed by atoms with Crippen molar-refractivity contribution >= 4 is 52.2 Å². The number of nitrogens with one attached hydrogen (secondary N) is 1. The summed E-state index contributed by atoms with van der Waals surface area (Å²) in [6.07, 6.45) is 5.12. The Kier molecular flexibility index (Phi) is 6.11.